The fourth-order valence-electron chi connectivity index (χ4n) is 1.83. The van der Waals surface area contributed by atoms with E-state index in [1.54, 1.807) is 29.5 Å². The van der Waals surface area contributed by atoms with Crippen molar-refractivity contribution in [3.63, 3.8) is 0 Å². The van der Waals surface area contributed by atoms with Gasteiger partial charge in [0, 0.05) is 18.7 Å². The maximum Gasteiger partial charge on any atom is 0.328 e. The van der Waals surface area contributed by atoms with Gasteiger partial charge in [-0.05, 0) is 19.9 Å². The van der Waals surface area contributed by atoms with Gasteiger partial charge >= 0.3 is 5.97 Å². The van der Waals surface area contributed by atoms with Gasteiger partial charge in [0.05, 0.1) is 22.6 Å². The van der Waals surface area contributed by atoms with Crippen molar-refractivity contribution in [3.8, 4) is 5.82 Å². The number of aromatic nitrogens is 4. The zero-order valence-electron chi connectivity index (χ0n) is 10.8. The Labute approximate surface area is 114 Å². The first-order valence-electron chi connectivity index (χ1n) is 5.57. The molecule has 0 fully saturated rings. The van der Waals surface area contributed by atoms with E-state index in [1.165, 1.54) is 6.08 Å². The van der Waals surface area contributed by atoms with Crippen molar-refractivity contribution in [2.24, 2.45) is 7.05 Å². The van der Waals surface area contributed by atoms with E-state index >= 15 is 0 Å². The molecule has 2 aromatic rings. The fourth-order valence-corrected chi connectivity index (χ4v) is 1.96. The number of aliphatic carboxylic acids is 1. The zero-order chi connectivity index (χ0) is 14.2. The van der Waals surface area contributed by atoms with Crippen LogP contribution in [0.5, 0.6) is 0 Å². The summed E-state index contributed by atoms with van der Waals surface area (Å²) in [5.41, 5.74) is 2.12. The third kappa shape index (κ3) is 2.53. The Morgan fingerprint density at radius 2 is 2.05 bits per heavy atom. The molecule has 0 unspecified atom stereocenters. The standard InChI is InChI=1S/C12H13ClN4O2/c1-7-9(4-5-11(18)19)12(16(3)14-7)17-6-10(13)8(2)15-17/h4-6H,1-3H3,(H,18,19). The summed E-state index contributed by atoms with van der Waals surface area (Å²) in [4.78, 5) is 10.6. The monoisotopic (exact) mass is 280 g/mol. The molecular formula is C12H13ClN4O2. The van der Waals surface area contributed by atoms with E-state index in [0.29, 0.717) is 22.1 Å². The molecule has 0 aromatic carbocycles. The van der Waals surface area contributed by atoms with Gasteiger partial charge in [0.25, 0.3) is 0 Å². The Morgan fingerprint density at radius 1 is 1.37 bits per heavy atom. The van der Waals surface area contributed by atoms with Gasteiger partial charge in [0.15, 0.2) is 5.82 Å². The lowest BCUT2D eigenvalue weighted by molar-refractivity contribution is -0.131. The van der Waals surface area contributed by atoms with Crippen molar-refractivity contribution < 1.29 is 9.90 Å². The number of hydrogen-bond acceptors (Lipinski definition) is 3. The van der Waals surface area contributed by atoms with Crippen molar-refractivity contribution in [1.82, 2.24) is 19.6 Å². The molecule has 0 radical (unpaired) electrons. The highest BCUT2D eigenvalue weighted by molar-refractivity contribution is 6.31. The Morgan fingerprint density at radius 3 is 2.58 bits per heavy atom. The minimum atomic E-state index is -1.01. The summed E-state index contributed by atoms with van der Waals surface area (Å²) in [6, 6.07) is 0. The van der Waals surface area contributed by atoms with E-state index in [9.17, 15) is 4.79 Å². The molecular weight excluding hydrogens is 268 g/mol. The van der Waals surface area contributed by atoms with E-state index in [1.807, 2.05) is 6.92 Å². The van der Waals surface area contributed by atoms with E-state index < -0.39 is 5.97 Å². The number of halogens is 1. The average Bonchev–Trinajstić information content (AvgIpc) is 2.77. The number of aryl methyl sites for hydroxylation is 3. The predicted octanol–water partition coefficient (Wildman–Crippen LogP) is 1.97. The Bertz CT molecular complexity index is 650. The second-order valence-corrected chi connectivity index (χ2v) is 4.53. The first-order valence-corrected chi connectivity index (χ1v) is 5.94. The van der Waals surface area contributed by atoms with Crippen LogP contribution in [0.15, 0.2) is 12.3 Å². The fraction of sp³-hybridized carbons (Fsp3) is 0.250. The van der Waals surface area contributed by atoms with Crippen LogP contribution in [0, 0.1) is 13.8 Å². The summed E-state index contributed by atoms with van der Waals surface area (Å²) >= 11 is 5.99. The third-order valence-electron chi connectivity index (χ3n) is 2.69. The van der Waals surface area contributed by atoms with Crippen LogP contribution in [-0.2, 0) is 11.8 Å². The molecule has 2 aromatic heterocycles. The molecule has 100 valence electrons. The van der Waals surface area contributed by atoms with Gasteiger partial charge in [-0.25, -0.2) is 9.48 Å². The molecule has 0 bridgehead atoms. The summed E-state index contributed by atoms with van der Waals surface area (Å²) in [6.45, 7) is 3.61. The molecule has 0 saturated heterocycles. The highest BCUT2D eigenvalue weighted by atomic mass is 35.5. The number of carbonyl (C=O) groups is 1. The lowest BCUT2D eigenvalue weighted by Gasteiger charge is -2.03. The van der Waals surface area contributed by atoms with E-state index in [4.69, 9.17) is 16.7 Å². The minimum absolute atomic E-state index is 0.548. The summed E-state index contributed by atoms with van der Waals surface area (Å²) in [5.74, 6) is -0.339. The topological polar surface area (TPSA) is 72.9 Å². The van der Waals surface area contributed by atoms with Crippen LogP contribution < -0.4 is 0 Å². The minimum Gasteiger partial charge on any atom is -0.478 e. The molecule has 7 heteroatoms. The molecule has 0 aliphatic rings. The molecule has 1 N–H and O–H groups in total. The highest BCUT2D eigenvalue weighted by Crippen LogP contribution is 2.22. The largest absolute Gasteiger partial charge is 0.478 e. The Balaban J connectivity index is 2.59. The molecule has 19 heavy (non-hydrogen) atoms. The smallest absolute Gasteiger partial charge is 0.328 e. The van der Waals surface area contributed by atoms with Crippen LogP contribution in [0.3, 0.4) is 0 Å². The summed E-state index contributed by atoms with van der Waals surface area (Å²) in [7, 11) is 1.77. The second kappa shape index (κ2) is 4.89. The van der Waals surface area contributed by atoms with Crippen molar-refractivity contribution >= 4 is 23.6 Å². The molecule has 2 heterocycles. The number of carboxylic acids is 1. The predicted molar refractivity (Wildman–Crippen MR) is 71.5 cm³/mol. The SMILES string of the molecule is Cc1nn(-c2c(C=CC(=O)O)c(C)nn2C)cc1Cl. The molecule has 6 nitrogen and oxygen atoms in total. The Hall–Kier alpha value is -2.08. The summed E-state index contributed by atoms with van der Waals surface area (Å²) < 4.78 is 3.23. The summed E-state index contributed by atoms with van der Waals surface area (Å²) in [6.07, 6.45) is 4.25. The van der Waals surface area contributed by atoms with Crippen LogP contribution in [0.25, 0.3) is 11.9 Å². The molecule has 0 spiro atoms. The number of hydrogen-bond donors (Lipinski definition) is 1. The van der Waals surface area contributed by atoms with Crippen molar-refractivity contribution in [2.45, 2.75) is 13.8 Å². The normalized spacial score (nSPS) is 11.4. The van der Waals surface area contributed by atoms with Crippen LogP contribution in [0.2, 0.25) is 5.02 Å². The summed E-state index contributed by atoms with van der Waals surface area (Å²) in [5, 5.41) is 17.8. The van der Waals surface area contributed by atoms with E-state index in [0.717, 1.165) is 11.8 Å². The number of nitrogens with zero attached hydrogens (tertiary/aromatic N) is 4. The van der Waals surface area contributed by atoms with E-state index in [-0.39, 0.29) is 0 Å². The number of carboxylic acid groups (broad SMARTS) is 1. The highest BCUT2D eigenvalue weighted by Gasteiger charge is 2.15. The molecule has 0 aliphatic heterocycles. The van der Waals surface area contributed by atoms with E-state index in [2.05, 4.69) is 10.2 Å². The van der Waals surface area contributed by atoms with Crippen LogP contribution in [0.4, 0.5) is 0 Å². The molecule has 0 aliphatic carbocycles. The van der Waals surface area contributed by atoms with Crippen molar-refractivity contribution in [1.29, 1.82) is 0 Å². The lowest BCUT2D eigenvalue weighted by atomic mass is 10.2. The van der Waals surface area contributed by atoms with Gasteiger partial charge in [-0.3, -0.25) is 4.68 Å². The van der Waals surface area contributed by atoms with Crippen molar-refractivity contribution in [3.05, 3.63) is 34.2 Å². The van der Waals surface area contributed by atoms with Crippen LogP contribution in [0.1, 0.15) is 17.0 Å². The lowest BCUT2D eigenvalue weighted by Crippen LogP contribution is -2.05. The van der Waals surface area contributed by atoms with Gasteiger partial charge in [-0.15, -0.1) is 0 Å². The Kier molecular flexibility index (Phi) is 3.44. The quantitative estimate of drug-likeness (QED) is 0.873. The van der Waals surface area contributed by atoms with Gasteiger partial charge in [0.2, 0.25) is 0 Å². The maximum atomic E-state index is 10.6. The zero-order valence-corrected chi connectivity index (χ0v) is 11.5. The molecule has 0 saturated carbocycles. The molecule has 0 amide bonds. The van der Waals surface area contributed by atoms with Crippen LogP contribution in [-0.4, -0.2) is 30.6 Å². The maximum absolute atomic E-state index is 10.6. The molecule has 2 rings (SSSR count). The first kappa shape index (κ1) is 13.4. The van der Waals surface area contributed by atoms with Crippen molar-refractivity contribution in [2.75, 3.05) is 0 Å². The first-order chi connectivity index (χ1) is 8.90. The van der Waals surface area contributed by atoms with Gasteiger partial charge in [0.1, 0.15) is 0 Å². The van der Waals surface area contributed by atoms with Gasteiger partial charge < -0.3 is 5.11 Å². The van der Waals surface area contributed by atoms with Gasteiger partial charge in [-0.2, -0.15) is 10.2 Å². The molecule has 0 atom stereocenters. The second-order valence-electron chi connectivity index (χ2n) is 4.12. The number of rotatable bonds is 3. The van der Waals surface area contributed by atoms with Crippen LogP contribution >= 0.6 is 11.6 Å². The third-order valence-corrected chi connectivity index (χ3v) is 3.06. The van der Waals surface area contributed by atoms with Gasteiger partial charge in [-0.1, -0.05) is 11.6 Å². The average molecular weight is 281 g/mol.